The van der Waals surface area contributed by atoms with Crippen LogP contribution in [0.25, 0.3) is 0 Å². The van der Waals surface area contributed by atoms with Gasteiger partial charge >= 0.3 is 0 Å². The molecule has 1 aromatic rings. The molecule has 1 heterocycles. The molecule has 0 spiro atoms. The Labute approximate surface area is 117 Å². The quantitative estimate of drug-likeness (QED) is 0.897. The van der Waals surface area contributed by atoms with Crippen LogP contribution >= 0.6 is 0 Å². The topological polar surface area (TPSA) is 21.3 Å². The van der Waals surface area contributed by atoms with Crippen LogP contribution in [0, 0.1) is 25.7 Å². The Morgan fingerprint density at radius 1 is 1.05 bits per heavy atom. The van der Waals surface area contributed by atoms with E-state index in [0.29, 0.717) is 30.1 Å². The van der Waals surface area contributed by atoms with Crippen molar-refractivity contribution < 1.29 is 4.74 Å². The molecule has 2 heteroatoms. The minimum Gasteiger partial charge on any atom is -0.375 e. The summed E-state index contributed by atoms with van der Waals surface area (Å²) < 4.78 is 6.00. The van der Waals surface area contributed by atoms with Crippen LogP contribution in [0.1, 0.15) is 43.5 Å². The zero-order valence-corrected chi connectivity index (χ0v) is 13.0. The van der Waals surface area contributed by atoms with E-state index in [9.17, 15) is 0 Å². The molecule has 1 fully saturated rings. The van der Waals surface area contributed by atoms with Crippen molar-refractivity contribution in [2.75, 3.05) is 7.05 Å². The minimum absolute atomic E-state index is 0.309. The molecule has 1 aromatic carbocycles. The number of hydrogen-bond acceptors (Lipinski definition) is 2. The van der Waals surface area contributed by atoms with Crippen LogP contribution in [0.2, 0.25) is 0 Å². The standard InChI is InChI=1S/C17H27NO/c1-10-7-8-15(9-11(10)2)17(18-6)16-12(3)13(4)19-14(16)5/h7-9,12-14,16-18H,1-6H3. The summed E-state index contributed by atoms with van der Waals surface area (Å²) in [4.78, 5) is 0. The van der Waals surface area contributed by atoms with Crippen molar-refractivity contribution in [2.45, 2.75) is 52.9 Å². The van der Waals surface area contributed by atoms with Crippen LogP contribution in [0.15, 0.2) is 18.2 Å². The molecule has 1 aliphatic rings. The zero-order chi connectivity index (χ0) is 14.2. The summed E-state index contributed by atoms with van der Waals surface area (Å²) in [5, 5.41) is 3.51. The van der Waals surface area contributed by atoms with Gasteiger partial charge in [-0.3, -0.25) is 0 Å². The van der Waals surface area contributed by atoms with Gasteiger partial charge in [0.05, 0.1) is 12.2 Å². The van der Waals surface area contributed by atoms with Gasteiger partial charge in [0.15, 0.2) is 0 Å². The predicted octanol–water partition coefficient (Wildman–Crippen LogP) is 3.62. The Bertz CT molecular complexity index is 443. The second kappa shape index (κ2) is 5.64. The van der Waals surface area contributed by atoms with Gasteiger partial charge in [-0.1, -0.05) is 25.1 Å². The maximum Gasteiger partial charge on any atom is 0.0600 e. The van der Waals surface area contributed by atoms with Crippen LogP contribution < -0.4 is 5.32 Å². The third-order valence-corrected chi connectivity index (χ3v) is 4.90. The molecule has 0 aliphatic carbocycles. The number of benzene rings is 1. The lowest BCUT2D eigenvalue weighted by Crippen LogP contribution is -2.33. The van der Waals surface area contributed by atoms with E-state index in [1.165, 1.54) is 16.7 Å². The summed E-state index contributed by atoms with van der Waals surface area (Å²) in [7, 11) is 2.06. The maximum atomic E-state index is 6.00. The lowest BCUT2D eigenvalue weighted by molar-refractivity contribution is 0.0478. The zero-order valence-electron chi connectivity index (χ0n) is 13.0. The molecule has 2 nitrogen and oxygen atoms in total. The van der Waals surface area contributed by atoms with E-state index in [1.54, 1.807) is 0 Å². The number of ether oxygens (including phenoxy) is 1. The van der Waals surface area contributed by atoms with Crippen molar-refractivity contribution in [1.29, 1.82) is 0 Å². The lowest BCUT2D eigenvalue weighted by atomic mass is 9.80. The van der Waals surface area contributed by atoms with E-state index in [4.69, 9.17) is 4.74 Å². The average Bonchev–Trinajstić information content (AvgIpc) is 2.61. The van der Waals surface area contributed by atoms with Crippen LogP contribution in [0.3, 0.4) is 0 Å². The first-order valence-corrected chi connectivity index (χ1v) is 7.35. The predicted molar refractivity (Wildman–Crippen MR) is 80.4 cm³/mol. The van der Waals surface area contributed by atoms with Crippen molar-refractivity contribution in [3.63, 3.8) is 0 Å². The summed E-state index contributed by atoms with van der Waals surface area (Å²) in [6, 6.07) is 7.17. The van der Waals surface area contributed by atoms with Crippen molar-refractivity contribution in [2.24, 2.45) is 11.8 Å². The molecule has 5 unspecified atom stereocenters. The highest BCUT2D eigenvalue weighted by Crippen LogP contribution is 2.40. The molecule has 19 heavy (non-hydrogen) atoms. The fourth-order valence-electron chi connectivity index (χ4n) is 3.41. The average molecular weight is 261 g/mol. The highest BCUT2D eigenvalue weighted by Gasteiger charge is 2.41. The molecular formula is C17H27NO. The van der Waals surface area contributed by atoms with Crippen LogP contribution in [0.5, 0.6) is 0 Å². The summed E-state index contributed by atoms with van der Waals surface area (Å²) >= 11 is 0. The van der Waals surface area contributed by atoms with Gasteiger partial charge in [0, 0.05) is 12.0 Å². The van der Waals surface area contributed by atoms with Gasteiger partial charge in [-0.15, -0.1) is 0 Å². The second-order valence-electron chi connectivity index (χ2n) is 6.09. The van der Waals surface area contributed by atoms with Gasteiger partial charge in [-0.05, 0) is 57.4 Å². The Morgan fingerprint density at radius 2 is 1.74 bits per heavy atom. The van der Waals surface area contributed by atoms with Crippen molar-refractivity contribution in [3.05, 3.63) is 34.9 Å². The fourth-order valence-corrected chi connectivity index (χ4v) is 3.41. The summed E-state index contributed by atoms with van der Waals surface area (Å²) in [5.74, 6) is 1.11. The minimum atomic E-state index is 0.309. The van der Waals surface area contributed by atoms with E-state index >= 15 is 0 Å². The van der Waals surface area contributed by atoms with Gasteiger partial charge in [0.1, 0.15) is 0 Å². The van der Waals surface area contributed by atoms with E-state index < -0.39 is 0 Å². The van der Waals surface area contributed by atoms with Gasteiger partial charge in [-0.2, -0.15) is 0 Å². The first-order valence-electron chi connectivity index (χ1n) is 7.35. The Balaban J connectivity index is 2.31. The molecular weight excluding hydrogens is 234 g/mol. The van der Waals surface area contributed by atoms with Crippen molar-refractivity contribution >= 4 is 0 Å². The van der Waals surface area contributed by atoms with Gasteiger partial charge in [0.2, 0.25) is 0 Å². The van der Waals surface area contributed by atoms with E-state index in [2.05, 4.69) is 65.2 Å². The Hall–Kier alpha value is -0.860. The lowest BCUT2D eigenvalue weighted by Gasteiger charge is -2.29. The maximum absolute atomic E-state index is 6.00. The summed E-state index contributed by atoms with van der Waals surface area (Å²) in [5.41, 5.74) is 4.10. The number of nitrogens with one attached hydrogen (secondary N) is 1. The molecule has 0 saturated carbocycles. The van der Waals surface area contributed by atoms with Crippen LogP contribution in [-0.4, -0.2) is 19.3 Å². The molecule has 0 radical (unpaired) electrons. The SMILES string of the molecule is CNC(c1ccc(C)c(C)c1)C1C(C)OC(C)C1C. The largest absolute Gasteiger partial charge is 0.375 e. The van der Waals surface area contributed by atoms with Crippen LogP contribution in [-0.2, 0) is 4.74 Å². The number of hydrogen-bond donors (Lipinski definition) is 1. The first kappa shape index (κ1) is 14.5. The van der Waals surface area contributed by atoms with Gasteiger partial charge < -0.3 is 10.1 Å². The molecule has 0 aromatic heterocycles. The van der Waals surface area contributed by atoms with Crippen molar-refractivity contribution in [1.82, 2.24) is 5.32 Å². The molecule has 2 rings (SSSR count). The molecule has 106 valence electrons. The smallest absolute Gasteiger partial charge is 0.0600 e. The molecule has 0 bridgehead atoms. The van der Waals surface area contributed by atoms with Crippen molar-refractivity contribution in [3.8, 4) is 0 Å². The fraction of sp³-hybridized carbons (Fsp3) is 0.647. The molecule has 0 amide bonds. The first-order chi connectivity index (χ1) is 8.95. The van der Waals surface area contributed by atoms with E-state index in [0.717, 1.165) is 0 Å². The number of rotatable bonds is 3. The summed E-state index contributed by atoms with van der Waals surface area (Å²) in [6.07, 6.45) is 0.659. The van der Waals surface area contributed by atoms with Crippen LogP contribution in [0.4, 0.5) is 0 Å². The second-order valence-corrected chi connectivity index (χ2v) is 6.09. The highest BCUT2D eigenvalue weighted by molar-refractivity contribution is 5.32. The third kappa shape index (κ3) is 2.70. The molecule has 1 N–H and O–H groups in total. The molecule has 1 aliphatic heterocycles. The highest BCUT2D eigenvalue weighted by atomic mass is 16.5. The third-order valence-electron chi connectivity index (χ3n) is 4.90. The molecule has 5 atom stereocenters. The normalized spacial score (nSPS) is 32.5. The van der Waals surface area contributed by atoms with E-state index in [1.807, 2.05) is 0 Å². The Morgan fingerprint density at radius 3 is 2.21 bits per heavy atom. The monoisotopic (exact) mass is 261 g/mol. The van der Waals surface area contributed by atoms with Gasteiger partial charge in [-0.25, -0.2) is 0 Å². The van der Waals surface area contributed by atoms with Gasteiger partial charge in [0.25, 0.3) is 0 Å². The summed E-state index contributed by atoms with van der Waals surface area (Å²) in [6.45, 7) is 11.1. The van der Waals surface area contributed by atoms with E-state index in [-0.39, 0.29) is 0 Å². The Kier molecular flexibility index (Phi) is 4.32. The molecule has 1 saturated heterocycles. The number of aryl methyl sites for hydroxylation is 2.